The molecule has 2 unspecified atom stereocenters. The zero-order chi connectivity index (χ0) is 25.6. The molecular weight excluding hydrogens is 468 g/mol. The zero-order valence-electron chi connectivity index (χ0n) is 22.1. The second kappa shape index (κ2) is 9.66. The van der Waals surface area contributed by atoms with Crippen LogP contribution in [0.15, 0.2) is 54.9 Å². The first-order valence-corrected chi connectivity index (χ1v) is 14.3. The molecule has 4 aromatic rings. The monoisotopic (exact) mass is 504 g/mol. The zero-order valence-corrected chi connectivity index (χ0v) is 22.1. The van der Waals surface area contributed by atoms with Gasteiger partial charge < -0.3 is 11.1 Å². The van der Waals surface area contributed by atoms with Gasteiger partial charge in [-0.25, -0.2) is 15.0 Å². The van der Waals surface area contributed by atoms with Gasteiger partial charge in [0.05, 0.1) is 16.7 Å². The molecule has 0 aliphatic heterocycles. The van der Waals surface area contributed by atoms with Crippen LogP contribution in [0, 0.1) is 5.92 Å². The molecule has 2 saturated carbocycles. The van der Waals surface area contributed by atoms with Crippen LogP contribution in [0.5, 0.6) is 0 Å². The van der Waals surface area contributed by atoms with Crippen molar-refractivity contribution in [1.29, 1.82) is 0 Å². The van der Waals surface area contributed by atoms with E-state index in [0.717, 1.165) is 46.5 Å². The summed E-state index contributed by atoms with van der Waals surface area (Å²) in [6, 6.07) is 16.0. The molecule has 7 rings (SSSR count). The SMILES string of the molecule is CC1C=c2ccc(-c3ccccc3)nc2=CC1c1nc(C2CC(NC3CCCCC3)C2)n2ccnc(N)c12. The first kappa shape index (κ1) is 23.6. The quantitative estimate of drug-likeness (QED) is 0.417. The molecule has 1 aromatic carbocycles. The molecule has 0 spiro atoms. The van der Waals surface area contributed by atoms with Crippen LogP contribution < -0.4 is 21.6 Å². The van der Waals surface area contributed by atoms with E-state index < -0.39 is 0 Å². The van der Waals surface area contributed by atoms with Crippen molar-refractivity contribution in [3.8, 4) is 11.3 Å². The van der Waals surface area contributed by atoms with Crippen molar-refractivity contribution >= 4 is 23.5 Å². The molecule has 6 heteroatoms. The van der Waals surface area contributed by atoms with Crippen molar-refractivity contribution in [2.75, 3.05) is 5.73 Å². The van der Waals surface area contributed by atoms with Gasteiger partial charge in [-0.1, -0.05) is 68.7 Å². The van der Waals surface area contributed by atoms with Gasteiger partial charge in [-0.05, 0) is 49.0 Å². The maximum absolute atomic E-state index is 6.50. The number of rotatable bonds is 5. The van der Waals surface area contributed by atoms with Gasteiger partial charge in [-0.2, -0.15) is 0 Å². The Morgan fingerprint density at radius 1 is 0.921 bits per heavy atom. The first-order valence-electron chi connectivity index (χ1n) is 14.3. The summed E-state index contributed by atoms with van der Waals surface area (Å²) in [7, 11) is 0. The van der Waals surface area contributed by atoms with Gasteiger partial charge >= 0.3 is 0 Å². The third-order valence-corrected chi connectivity index (χ3v) is 8.91. The van der Waals surface area contributed by atoms with Crippen LogP contribution in [0.4, 0.5) is 5.82 Å². The molecule has 38 heavy (non-hydrogen) atoms. The van der Waals surface area contributed by atoms with Gasteiger partial charge in [0.1, 0.15) is 17.2 Å². The van der Waals surface area contributed by atoms with Crippen molar-refractivity contribution in [3.05, 3.63) is 76.9 Å². The summed E-state index contributed by atoms with van der Waals surface area (Å²) >= 11 is 0. The average molecular weight is 505 g/mol. The van der Waals surface area contributed by atoms with Gasteiger partial charge in [-0.3, -0.25) is 4.40 Å². The molecule has 0 saturated heterocycles. The molecule has 3 N–H and O–H groups in total. The minimum atomic E-state index is 0.0903. The molecule has 2 fully saturated rings. The fourth-order valence-electron chi connectivity index (χ4n) is 6.77. The summed E-state index contributed by atoms with van der Waals surface area (Å²) in [5.74, 6) is 2.49. The van der Waals surface area contributed by atoms with Gasteiger partial charge in [0.15, 0.2) is 0 Å². The lowest BCUT2D eigenvalue weighted by atomic mass is 9.78. The number of aromatic nitrogens is 4. The number of nitrogens with one attached hydrogen (secondary N) is 1. The lowest BCUT2D eigenvalue weighted by molar-refractivity contribution is 0.232. The molecule has 3 aliphatic carbocycles. The van der Waals surface area contributed by atoms with E-state index in [0.29, 0.717) is 23.8 Å². The lowest BCUT2D eigenvalue weighted by Gasteiger charge is -2.38. The van der Waals surface area contributed by atoms with E-state index in [1.165, 1.54) is 37.3 Å². The average Bonchev–Trinajstić information content (AvgIpc) is 3.31. The van der Waals surface area contributed by atoms with Gasteiger partial charge in [-0.15, -0.1) is 0 Å². The number of nitrogens with zero attached hydrogens (tertiary/aromatic N) is 4. The van der Waals surface area contributed by atoms with Crippen molar-refractivity contribution in [3.63, 3.8) is 0 Å². The number of pyridine rings is 1. The highest BCUT2D eigenvalue weighted by molar-refractivity contribution is 5.73. The fraction of sp³-hybridized carbons (Fsp3) is 0.406. The van der Waals surface area contributed by atoms with E-state index in [2.05, 4.69) is 70.2 Å². The Hall–Kier alpha value is -3.51. The smallest absolute Gasteiger partial charge is 0.149 e. The second-order valence-electron chi connectivity index (χ2n) is 11.5. The largest absolute Gasteiger partial charge is 0.382 e. The summed E-state index contributed by atoms with van der Waals surface area (Å²) in [4.78, 5) is 14.8. The van der Waals surface area contributed by atoms with E-state index in [9.17, 15) is 0 Å². The van der Waals surface area contributed by atoms with Crippen LogP contribution >= 0.6 is 0 Å². The van der Waals surface area contributed by atoms with E-state index in [-0.39, 0.29) is 11.8 Å². The molecule has 0 radical (unpaired) electrons. The van der Waals surface area contributed by atoms with Gasteiger partial charge in [0, 0.05) is 41.9 Å². The van der Waals surface area contributed by atoms with Crippen molar-refractivity contribution in [1.82, 2.24) is 24.7 Å². The summed E-state index contributed by atoms with van der Waals surface area (Å²) in [6.07, 6.45) is 17.5. The van der Waals surface area contributed by atoms with Crippen LogP contribution in [-0.2, 0) is 0 Å². The molecular formula is C32H36N6. The fourth-order valence-corrected chi connectivity index (χ4v) is 6.77. The highest BCUT2D eigenvalue weighted by atomic mass is 15.1. The van der Waals surface area contributed by atoms with Gasteiger partial charge in [0.25, 0.3) is 0 Å². The van der Waals surface area contributed by atoms with E-state index in [1.807, 2.05) is 12.3 Å². The number of anilines is 1. The Bertz CT molecular complexity index is 1580. The van der Waals surface area contributed by atoms with Crippen LogP contribution in [0.3, 0.4) is 0 Å². The molecule has 194 valence electrons. The van der Waals surface area contributed by atoms with E-state index >= 15 is 0 Å². The second-order valence-corrected chi connectivity index (χ2v) is 11.5. The Labute approximate surface area is 223 Å². The molecule has 2 atom stereocenters. The highest BCUT2D eigenvalue weighted by Gasteiger charge is 2.36. The van der Waals surface area contributed by atoms with Crippen LogP contribution in [0.2, 0.25) is 0 Å². The van der Waals surface area contributed by atoms with Crippen molar-refractivity contribution in [2.24, 2.45) is 5.92 Å². The molecule has 6 nitrogen and oxygen atoms in total. The first-order chi connectivity index (χ1) is 18.6. The number of hydrogen-bond donors (Lipinski definition) is 2. The molecule has 0 bridgehead atoms. The maximum Gasteiger partial charge on any atom is 0.149 e. The normalized spacial score (nSPS) is 25.3. The number of benzene rings is 1. The third kappa shape index (κ3) is 4.21. The van der Waals surface area contributed by atoms with Gasteiger partial charge in [0.2, 0.25) is 0 Å². The van der Waals surface area contributed by atoms with Crippen molar-refractivity contribution in [2.45, 2.75) is 75.8 Å². The number of hydrogen-bond acceptors (Lipinski definition) is 5. The summed E-state index contributed by atoms with van der Waals surface area (Å²) in [5.41, 5.74) is 10.6. The summed E-state index contributed by atoms with van der Waals surface area (Å²) in [5, 5.41) is 6.12. The molecule has 0 amide bonds. The van der Waals surface area contributed by atoms with Crippen LogP contribution in [0.1, 0.15) is 75.2 Å². The Balaban J connectivity index is 1.22. The van der Waals surface area contributed by atoms with Crippen molar-refractivity contribution < 1.29 is 0 Å². The van der Waals surface area contributed by atoms with Crippen LogP contribution in [-0.4, -0.2) is 31.4 Å². The lowest BCUT2D eigenvalue weighted by Crippen LogP contribution is -2.46. The number of nitrogens with two attached hydrogens (primary N) is 1. The Kier molecular flexibility index (Phi) is 6.00. The number of imidazole rings is 1. The predicted octanol–water partition coefficient (Wildman–Crippen LogP) is 4.54. The third-order valence-electron chi connectivity index (χ3n) is 8.91. The summed E-state index contributed by atoms with van der Waals surface area (Å²) < 4.78 is 2.21. The molecule has 3 heterocycles. The number of fused-ring (bicyclic) bond motifs is 2. The minimum Gasteiger partial charge on any atom is -0.382 e. The van der Waals surface area contributed by atoms with E-state index in [4.69, 9.17) is 15.7 Å². The highest BCUT2D eigenvalue weighted by Crippen LogP contribution is 2.41. The Morgan fingerprint density at radius 3 is 2.55 bits per heavy atom. The summed E-state index contributed by atoms with van der Waals surface area (Å²) in [6.45, 7) is 2.26. The Morgan fingerprint density at radius 2 is 1.74 bits per heavy atom. The minimum absolute atomic E-state index is 0.0903. The van der Waals surface area contributed by atoms with Crippen LogP contribution in [0.25, 0.3) is 28.9 Å². The number of nitrogen functional groups attached to an aromatic ring is 1. The standard InChI is InChI=1S/C32H36N6/c1-20-16-22-12-13-27(21-8-4-2-5-9-21)36-28(22)19-26(20)29-30-31(33)34-14-15-38(30)32(37-29)23-17-25(18-23)35-24-10-6-3-7-11-24/h2,4-5,8-9,12-16,19-20,23-26,35H,3,6-7,10-11,17-18H2,1H3,(H2,33,34). The maximum atomic E-state index is 6.50. The molecule has 3 aromatic heterocycles. The predicted molar refractivity (Wildman–Crippen MR) is 153 cm³/mol. The molecule has 3 aliphatic rings. The van der Waals surface area contributed by atoms with E-state index in [1.54, 1.807) is 6.20 Å². The topological polar surface area (TPSA) is 81.1 Å².